The van der Waals surface area contributed by atoms with Crippen molar-refractivity contribution >= 4 is 17.2 Å². The molecule has 0 N–H and O–H groups in total. The van der Waals surface area contributed by atoms with Crippen LogP contribution in [0.15, 0.2) is 36.5 Å². The molecular formula is C15H10ClF2N3. The van der Waals surface area contributed by atoms with E-state index in [1.807, 2.05) is 0 Å². The summed E-state index contributed by atoms with van der Waals surface area (Å²) in [5.74, 6) is -0.291. The van der Waals surface area contributed by atoms with Gasteiger partial charge in [-0.05, 0) is 42.0 Å². The Bertz CT molecular complexity index is 829. The van der Waals surface area contributed by atoms with E-state index in [1.165, 1.54) is 12.1 Å². The van der Waals surface area contributed by atoms with Crippen LogP contribution in [-0.2, 0) is 0 Å². The van der Waals surface area contributed by atoms with E-state index in [1.54, 1.807) is 18.2 Å². The van der Waals surface area contributed by atoms with Gasteiger partial charge in [0.05, 0.1) is 6.20 Å². The van der Waals surface area contributed by atoms with Crippen LogP contribution in [0.25, 0.3) is 5.65 Å². The quantitative estimate of drug-likeness (QED) is 0.718. The summed E-state index contributed by atoms with van der Waals surface area (Å²) in [7, 11) is 0. The first kappa shape index (κ1) is 12.7. The van der Waals surface area contributed by atoms with E-state index >= 15 is 0 Å². The third kappa shape index (κ3) is 2.08. The molecule has 0 aliphatic heterocycles. The van der Waals surface area contributed by atoms with Crippen molar-refractivity contribution in [1.82, 2.24) is 14.6 Å². The average molecular weight is 306 g/mol. The Morgan fingerprint density at radius 2 is 1.90 bits per heavy atom. The van der Waals surface area contributed by atoms with Crippen molar-refractivity contribution in [2.24, 2.45) is 0 Å². The maximum atomic E-state index is 13.6. The second kappa shape index (κ2) is 4.49. The molecule has 0 radical (unpaired) electrons. The molecule has 4 rings (SSSR count). The number of hydrogen-bond donors (Lipinski definition) is 0. The van der Waals surface area contributed by atoms with Gasteiger partial charge in [0, 0.05) is 5.56 Å². The molecular weight excluding hydrogens is 296 g/mol. The first-order valence-electron chi connectivity index (χ1n) is 6.58. The number of rotatable bonds is 2. The Labute approximate surface area is 124 Å². The summed E-state index contributed by atoms with van der Waals surface area (Å²) >= 11 is 5.96. The molecule has 106 valence electrons. The maximum Gasteiger partial charge on any atom is 0.234 e. The van der Waals surface area contributed by atoms with Gasteiger partial charge >= 0.3 is 0 Å². The molecule has 6 heteroatoms. The summed E-state index contributed by atoms with van der Waals surface area (Å²) in [6.45, 7) is 0. The van der Waals surface area contributed by atoms with Crippen LogP contribution in [0.5, 0.6) is 0 Å². The van der Waals surface area contributed by atoms with Crippen LogP contribution >= 0.6 is 11.6 Å². The molecule has 2 aromatic heterocycles. The summed E-state index contributed by atoms with van der Waals surface area (Å²) in [4.78, 5) is 4.07. The molecule has 1 fully saturated rings. The van der Waals surface area contributed by atoms with Crippen LogP contribution < -0.4 is 0 Å². The van der Waals surface area contributed by atoms with Crippen molar-refractivity contribution in [1.29, 1.82) is 0 Å². The predicted octanol–water partition coefficient (Wildman–Crippen LogP) is 3.93. The first-order valence-corrected chi connectivity index (χ1v) is 6.96. The molecule has 2 heterocycles. The van der Waals surface area contributed by atoms with Crippen molar-refractivity contribution in [3.8, 4) is 0 Å². The molecule has 1 unspecified atom stereocenters. The summed E-state index contributed by atoms with van der Waals surface area (Å²) in [5, 5.41) is 4.15. The van der Waals surface area contributed by atoms with E-state index in [9.17, 15) is 8.78 Å². The molecule has 3 aromatic rings. The molecule has 3 nitrogen and oxygen atoms in total. The minimum atomic E-state index is -0.535. The van der Waals surface area contributed by atoms with Crippen molar-refractivity contribution in [2.75, 3.05) is 0 Å². The second-order valence-corrected chi connectivity index (χ2v) is 5.63. The van der Waals surface area contributed by atoms with Gasteiger partial charge in [-0.1, -0.05) is 23.7 Å². The lowest BCUT2D eigenvalue weighted by molar-refractivity contribution is 0.548. The summed E-state index contributed by atoms with van der Waals surface area (Å²) in [6.07, 6.45) is 2.05. The largest absolute Gasteiger partial charge is 0.234 e. The Morgan fingerprint density at radius 3 is 2.67 bits per heavy atom. The molecule has 1 aromatic carbocycles. The highest BCUT2D eigenvalue weighted by atomic mass is 35.5. The Morgan fingerprint density at radius 1 is 1.14 bits per heavy atom. The van der Waals surface area contributed by atoms with E-state index in [2.05, 4.69) is 10.1 Å². The van der Waals surface area contributed by atoms with Gasteiger partial charge in [-0.25, -0.2) is 9.37 Å². The van der Waals surface area contributed by atoms with Crippen LogP contribution in [0.3, 0.4) is 0 Å². The summed E-state index contributed by atoms with van der Waals surface area (Å²) in [5.41, 5.74) is 2.44. The van der Waals surface area contributed by atoms with Gasteiger partial charge in [-0.15, -0.1) is 0 Å². The zero-order chi connectivity index (χ0) is 14.6. The Balaban J connectivity index is 1.74. The zero-order valence-corrected chi connectivity index (χ0v) is 11.6. The summed E-state index contributed by atoms with van der Waals surface area (Å²) in [6, 6.07) is 8.21. The maximum absolute atomic E-state index is 13.6. The highest BCUT2D eigenvalue weighted by molar-refractivity contribution is 6.29. The number of hydrogen-bond acceptors (Lipinski definition) is 2. The first-order chi connectivity index (χ1) is 10.1. The molecule has 0 saturated heterocycles. The molecule has 0 spiro atoms. The summed E-state index contributed by atoms with van der Waals surface area (Å²) < 4.78 is 27.7. The van der Waals surface area contributed by atoms with Gasteiger partial charge in [0.1, 0.15) is 5.82 Å². The van der Waals surface area contributed by atoms with Gasteiger partial charge in [0.2, 0.25) is 5.95 Å². The van der Waals surface area contributed by atoms with Crippen molar-refractivity contribution in [2.45, 2.75) is 18.3 Å². The third-order valence-electron chi connectivity index (χ3n) is 3.91. The fourth-order valence-corrected chi connectivity index (χ4v) is 3.02. The number of fused-ring (bicyclic) bond motifs is 1. The molecule has 1 saturated carbocycles. The van der Waals surface area contributed by atoms with E-state index < -0.39 is 5.95 Å². The van der Waals surface area contributed by atoms with Gasteiger partial charge in [0.15, 0.2) is 10.8 Å². The Kier molecular flexibility index (Phi) is 2.72. The minimum absolute atomic E-state index is 0.209. The fraction of sp³-hybridized carbons (Fsp3) is 0.200. The second-order valence-electron chi connectivity index (χ2n) is 5.24. The zero-order valence-electron chi connectivity index (χ0n) is 10.8. The number of imidazole rings is 1. The van der Waals surface area contributed by atoms with Crippen molar-refractivity contribution in [3.63, 3.8) is 0 Å². The third-order valence-corrected chi connectivity index (χ3v) is 4.10. The monoisotopic (exact) mass is 305 g/mol. The SMILES string of the molecule is Fc1ccc(C2C[C@@H]2c2cc(Cl)nn3c(F)cnc23)cc1. The highest BCUT2D eigenvalue weighted by Crippen LogP contribution is 2.55. The molecule has 0 amide bonds. The number of aromatic nitrogens is 3. The van der Waals surface area contributed by atoms with Crippen LogP contribution in [0.4, 0.5) is 8.78 Å². The van der Waals surface area contributed by atoms with Gasteiger partial charge in [-0.3, -0.25) is 0 Å². The molecule has 1 aliphatic carbocycles. The van der Waals surface area contributed by atoms with Gasteiger partial charge < -0.3 is 0 Å². The van der Waals surface area contributed by atoms with Crippen molar-refractivity contribution in [3.05, 3.63) is 64.6 Å². The van der Waals surface area contributed by atoms with Gasteiger partial charge in [-0.2, -0.15) is 14.0 Å². The van der Waals surface area contributed by atoms with E-state index in [4.69, 9.17) is 11.6 Å². The average Bonchev–Trinajstić information content (AvgIpc) is 3.18. The number of benzene rings is 1. The van der Waals surface area contributed by atoms with Crippen molar-refractivity contribution < 1.29 is 8.78 Å². The van der Waals surface area contributed by atoms with E-state index in [0.717, 1.165) is 28.3 Å². The highest BCUT2D eigenvalue weighted by Gasteiger charge is 2.41. The minimum Gasteiger partial charge on any atom is -0.232 e. The van der Waals surface area contributed by atoms with Crippen LogP contribution in [-0.4, -0.2) is 14.6 Å². The smallest absolute Gasteiger partial charge is 0.232 e. The molecule has 21 heavy (non-hydrogen) atoms. The normalized spacial score (nSPS) is 20.9. The predicted molar refractivity (Wildman–Crippen MR) is 74.5 cm³/mol. The fourth-order valence-electron chi connectivity index (χ4n) is 2.82. The topological polar surface area (TPSA) is 30.2 Å². The molecule has 0 bridgehead atoms. The molecule has 2 atom stereocenters. The number of nitrogens with zero attached hydrogens (tertiary/aromatic N) is 3. The van der Waals surface area contributed by atoms with Crippen LogP contribution in [0.1, 0.15) is 29.4 Å². The standard InChI is InChI=1S/C15H10ClF2N3/c16-13-6-12(15-19-7-14(18)21(15)20-13)11-5-10(11)8-1-3-9(17)4-2-8/h1-4,6-7,10-11H,5H2/t10?,11-/m0/s1. The molecule has 1 aliphatic rings. The van der Waals surface area contributed by atoms with E-state index in [-0.39, 0.29) is 22.8 Å². The van der Waals surface area contributed by atoms with Crippen LogP contribution in [0, 0.1) is 11.8 Å². The van der Waals surface area contributed by atoms with Gasteiger partial charge in [0.25, 0.3) is 0 Å². The Hall–Kier alpha value is -2.01. The lowest BCUT2D eigenvalue weighted by atomic mass is 10.1. The number of halogens is 3. The van der Waals surface area contributed by atoms with Crippen LogP contribution in [0.2, 0.25) is 5.15 Å². The van der Waals surface area contributed by atoms with E-state index in [0.29, 0.717) is 5.65 Å². The lowest BCUT2D eigenvalue weighted by Crippen LogP contribution is -1.99. The lowest BCUT2D eigenvalue weighted by Gasteiger charge is -2.04.